The lowest BCUT2D eigenvalue weighted by Gasteiger charge is -2.22. The number of pyridine rings is 1. The molecule has 0 bridgehead atoms. The van der Waals surface area contributed by atoms with Crippen molar-refractivity contribution in [2.75, 3.05) is 13.7 Å². The lowest BCUT2D eigenvalue weighted by Crippen LogP contribution is -2.55. The minimum absolute atomic E-state index is 0.0300. The average molecular weight is 646 g/mol. The van der Waals surface area contributed by atoms with E-state index in [-0.39, 0.29) is 32.4 Å². The van der Waals surface area contributed by atoms with E-state index in [4.69, 9.17) is 17.3 Å². The van der Waals surface area contributed by atoms with Crippen LogP contribution in [0.5, 0.6) is 0 Å². The van der Waals surface area contributed by atoms with Gasteiger partial charge in [-0.05, 0) is 59.4 Å². The molecule has 236 valence electrons. The van der Waals surface area contributed by atoms with Gasteiger partial charge < -0.3 is 26.2 Å². The number of rotatable bonds is 16. The van der Waals surface area contributed by atoms with Crippen LogP contribution in [0, 0.1) is 0 Å². The van der Waals surface area contributed by atoms with Gasteiger partial charge in [-0.15, -0.1) is 0 Å². The van der Waals surface area contributed by atoms with Crippen molar-refractivity contribution in [2.45, 2.75) is 50.2 Å². The van der Waals surface area contributed by atoms with Crippen molar-refractivity contribution in [3.05, 3.63) is 99.8 Å². The van der Waals surface area contributed by atoms with Crippen molar-refractivity contribution in [3.63, 3.8) is 0 Å². The molecule has 3 aromatic rings. The van der Waals surface area contributed by atoms with Crippen LogP contribution in [-0.2, 0) is 60.8 Å². The summed E-state index contributed by atoms with van der Waals surface area (Å²) in [6.45, 7) is -0.459. The molecule has 0 aliphatic rings. The Hall–Kier alpha value is -3.88. The van der Waals surface area contributed by atoms with Crippen LogP contribution in [-0.4, -0.2) is 62.1 Å². The first kappa shape index (κ1) is 34.6. The minimum atomic E-state index is -4.05. The molecule has 0 spiro atoms. The summed E-state index contributed by atoms with van der Waals surface area (Å²) < 4.78 is 33.4. The number of carbonyl (C=O) groups is 3. The number of ether oxygens (including phenoxy) is 1. The fourth-order valence-electron chi connectivity index (χ4n) is 4.28. The molecule has 44 heavy (non-hydrogen) atoms. The second-order valence-corrected chi connectivity index (χ2v) is 12.1. The van der Waals surface area contributed by atoms with Crippen molar-refractivity contribution in [1.29, 1.82) is 0 Å². The fourth-order valence-corrected chi connectivity index (χ4v) is 5.85. The van der Waals surface area contributed by atoms with Gasteiger partial charge in [0.05, 0.1) is 25.9 Å². The van der Waals surface area contributed by atoms with Crippen LogP contribution in [0.25, 0.3) is 0 Å². The first-order chi connectivity index (χ1) is 21.0. The van der Waals surface area contributed by atoms with E-state index in [0.717, 1.165) is 5.56 Å². The Morgan fingerprint density at radius 3 is 2.36 bits per heavy atom. The van der Waals surface area contributed by atoms with Crippen LogP contribution in [0.1, 0.15) is 34.4 Å². The van der Waals surface area contributed by atoms with E-state index in [0.29, 0.717) is 27.4 Å². The highest BCUT2D eigenvalue weighted by molar-refractivity contribution is 7.88. The van der Waals surface area contributed by atoms with Gasteiger partial charge in [0.2, 0.25) is 21.8 Å². The van der Waals surface area contributed by atoms with Gasteiger partial charge in [-0.25, -0.2) is 13.1 Å². The number of carbonyl (C=O) groups excluding carboxylic acids is 3. The average Bonchev–Trinajstić information content (AvgIpc) is 3.01. The molecule has 14 heteroatoms. The Bertz CT molecular complexity index is 1520. The lowest BCUT2D eigenvalue weighted by molar-refractivity contribution is -0.139. The highest BCUT2D eigenvalue weighted by Crippen LogP contribution is 2.16. The summed E-state index contributed by atoms with van der Waals surface area (Å²) in [5.74, 6) is -2.33. The van der Waals surface area contributed by atoms with E-state index in [2.05, 4.69) is 25.1 Å². The SMILES string of the molecule is COC(=O)Cc1ccc(CS(=O)(=O)NC(CCc2ccccn2)C(=O)N[C@@H](CO)C(=O)NCc2cc(Cl)ccc2CN)cc1. The Morgan fingerprint density at radius 1 is 1.00 bits per heavy atom. The summed E-state index contributed by atoms with van der Waals surface area (Å²) in [6, 6.07) is 14.1. The third-order valence-corrected chi connectivity index (χ3v) is 8.26. The molecule has 6 N–H and O–H groups in total. The van der Waals surface area contributed by atoms with Gasteiger partial charge in [-0.2, -0.15) is 0 Å². The maximum atomic E-state index is 13.3. The molecule has 0 saturated heterocycles. The molecule has 2 atom stereocenters. The number of amides is 2. The summed E-state index contributed by atoms with van der Waals surface area (Å²) in [7, 11) is -2.77. The maximum absolute atomic E-state index is 13.3. The molecule has 0 aliphatic carbocycles. The number of nitrogens with one attached hydrogen (secondary N) is 3. The summed E-state index contributed by atoms with van der Waals surface area (Å²) in [4.78, 5) is 41.9. The molecule has 1 heterocycles. The third kappa shape index (κ3) is 11.0. The molecule has 1 unspecified atom stereocenters. The van der Waals surface area contributed by atoms with Gasteiger partial charge in [-0.3, -0.25) is 19.4 Å². The molecule has 0 fully saturated rings. The van der Waals surface area contributed by atoms with Crippen LogP contribution >= 0.6 is 11.6 Å². The topological polar surface area (TPSA) is 190 Å². The van der Waals surface area contributed by atoms with Gasteiger partial charge in [0.15, 0.2) is 0 Å². The van der Waals surface area contributed by atoms with Crippen molar-refractivity contribution >= 4 is 39.4 Å². The Morgan fingerprint density at radius 2 is 1.73 bits per heavy atom. The quantitative estimate of drug-likeness (QED) is 0.142. The number of nitrogens with zero attached hydrogens (tertiary/aromatic N) is 1. The van der Waals surface area contributed by atoms with Crippen molar-refractivity contribution in [3.8, 4) is 0 Å². The number of methoxy groups -OCH3 is 1. The standard InChI is InChI=1S/C30H36ClN5O7S/c1-43-28(38)14-20-5-7-21(8-6-20)19-44(41,42)36-26(12-11-25-4-2-3-13-33-25)30(40)35-27(18-37)29(39)34-17-23-15-24(31)10-9-22(23)16-32/h2-10,13,15,26-27,36-37H,11-12,14,16-19,32H2,1H3,(H,34,39)(H,35,40)/t26?,27-/m0/s1. The molecular weight excluding hydrogens is 610 g/mol. The van der Waals surface area contributed by atoms with Crippen LogP contribution in [0.2, 0.25) is 5.02 Å². The number of sulfonamides is 1. The monoisotopic (exact) mass is 645 g/mol. The Kier molecular flexibility index (Phi) is 13.2. The van der Waals surface area contributed by atoms with E-state index in [1.54, 1.807) is 66.9 Å². The number of esters is 1. The van der Waals surface area contributed by atoms with Gasteiger partial charge in [0.1, 0.15) is 12.1 Å². The van der Waals surface area contributed by atoms with E-state index < -0.39 is 52.3 Å². The number of hydrogen-bond donors (Lipinski definition) is 5. The molecular formula is C30H36ClN5O7S. The van der Waals surface area contributed by atoms with Crippen LogP contribution in [0.15, 0.2) is 66.9 Å². The van der Waals surface area contributed by atoms with Crippen LogP contribution in [0.4, 0.5) is 0 Å². The van der Waals surface area contributed by atoms with Crippen molar-refractivity contribution < 1.29 is 32.6 Å². The number of halogens is 1. The van der Waals surface area contributed by atoms with E-state index >= 15 is 0 Å². The highest BCUT2D eigenvalue weighted by Gasteiger charge is 2.29. The number of aryl methyl sites for hydroxylation is 1. The minimum Gasteiger partial charge on any atom is -0.469 e. The largest absolute Gasteiger partial charge is 0.469 e. The lowest BCUT2D eigenvalue weighted by atomic mass is 10.1. The predicted molar refractivity (Wildman–Crippen MR) is 164 cm³/mol. The zero-order chi connectivity index (χ0) is 32.1. The van der Waals surface area contributed by atoms with Gasteiger partial charge in [-0.1, -0.05) is 48.0 Å². The normalized spacial score (nSPS) is 12.6. The van der Waals surface area contributed by atoms with Crippen LogP contribution < -0.4 is 21.1 Å². The predicted octanol–water partition coefficient (Wildman–Crippen LogP) is 1.12. The first-order valence-electron chi connectivity index (χ1n) is 13.7. The zero-order valence-corrected chi connectivity index (χ0v) is 25.7. The number of aromatic nitrogens is 1. The van der Waals surface area contributed by atoms with Crippen LogP contribution in [0.3, 0.4) is 0 Å². The van der Waals surface area contributed by atoms with E-state index in [1.807, 2.05) is 0 Å². The van der Waals surface area contributed by atoms with Gasteiger partial charge in [0, 0.05) is 30.0 Å². The van der Waals surface area contributed by atoms with E-state index in [1.165, 1.54) is 7.11 Å². The summed E-state index contributed by atoms with van der Waals surface area (Å²) in [6.07, 6.45) is 1.92. The van der Waals surface area contributed by atoms with Gasteiger partial charge in [0.25, 0.3) is 0 Å². The highest BCUT2D eigenvalue weighted by atomic mass is 35.5. The Labute approximate surface area is 261 Å². The first-order valence-corrected chi connectivity index (χ1v) is 15.8. The molecule has 0 radical (unpaired) electrons. The maximum Gasteiger partial charge on any atom is 0.309 e. The van der Waals surface area contributed by atoms with Gasteiger partial charge >= 0.3 is 5.97 Å². The van der Waals surface area contributed by atoms with Crippen molar-refractivity contribution in [2.24, 2.45) is 5.73 Å². The summed E-state index contributed by atoms with van der Waals surface area (Å²) in [5.41, 5.74) is 8.93. The molecule has 0 aliphatic heterocycles. The molecule has 2 amide bonds. The molecule has 3 rings (SSSR count). The Balaban J connectivity index is 1.70. The zero-order valence-electron chi connectivity index (χ0n) is 24.2. The fraction of sp³-hybridized carbons (Fsp3) is 0.333. The molecule has 1 aromatic heterocycles. The van der Waals surface area contributed by atoms with Crippen molar-refractivity contribution in [1.82, 2.24) is 20.3 Å². The second kappa shape index (κ2) is 16.8. The molecule has 12 nitrogen and oxygen atoms in total. The molecule has 2 aromatic carbocycles. The number of aliphatic hydroxyl groups excluding tert-OH is 1. The number of nitrogens with two attached hydrogens (primary N) is 1. The number of aliphatic hydroxyl groups is 1. The summed E-state index contributed by atoms with van der Waals surface area (Å²) in [5, 5.41) is 15.5. The number of hydrogen-bond acceptors (Lipinski definition) is 9. The smallest absolute Gasteiger partial charge is 0.309 e. The van der Waals surface area contributed by atoms with E-state index in [9.17, 15) is 27.9 Å². The number of benzene rings is 2. The summed E-state index contributed by atoms with van der Waals surface area (Å²) >= 11 is 6.06. The molecule has 0 saturated carbocycles. The third-order valence-electron chi connectivity index (χ3n) is 6.67. The second-order valence-electron chi connectivity index (χ2n) is 9.94.